The fourth-order valence-electron chi connectivity index (χ4n) is 2.60. The molecule has 0 aliphatic carbocycles. The zero-order valence-corrected chi connectivity index (χ0v) is 14.1. The lowest BCUT2D eigenvalue weighted by molar-refractivity contribution is -0.132. The van der Waals surface area contributed by atoms with Gasteiger partial charge in [0, 0.05) is 45.9 Å². The van der Waals surface area contributed by atoms with Gasteiger partial charge in [0.1, 0.15) is 5.75 Å². The monoisotopic (exact) mass is 344 g/mol. The molecule has 0 unspecified atom stereocenters. The number of para-hydroxylation sites is 1. The van der Waals surface area contributed by atoms with Gasteiger partial charge in [0.2, 0.25) is 17.7 Å². The molecule has 0 radical (unpaired) electrons. The highest BCUT2D eigenvalue weighted by molar-refractivity contribution is 5.77. The highest BCUT2D eigenvalue weighted by Crippen LogP contribution is 2.12. The van der Waals surface area contributed by atoms with E-state index in [-0.39, 0.29) is 12.0 Å². The number of rotatable bonds is 4. The maximum atomic E-state index is 12.2. The molecule has 1 saturated heterocycles. The molecule has 0 atom stereocenters. The molecule has 0 spiro atoms. The Labute approximate surface area is 145 Å². The summed E-state index contributed by atoms with van der Waals surface area (Å²) in [5.74, 6) is 1.50. The van der Waals surface area contributed by atoms with Crippen molar-refractivity contribution in [2.75, 3.05) is 26.2 Å². The van der Waals surface area contributed by atoms with E-state index < -0.39 is 0 Å². The van der Waals surface area contributed by atoms with Crippen molar-refractivity contribution in [3.05, 3.63) is 42.1 Å². The summed E-state index contributed by atoms with van der Waals surface area (Å²) in [5, 5.41) is 7.62. The van der Waals surface area contributed by atoms with Gasteiger partial charge in [0.25, 0.3) is 0 Å². The number of carbonyl (C=O) groups excluding carboxylic acids is 2. The van der Waals surface area contributed by atoms with Crippen molar-refractivity contribution < 1.29 is 18.7 Å². The van der Waals surface area contributed by atoms with Crippen LogP contribution in [0.5, 0.6) is 5.75 Å². The second-order valence-corrected chi connectivity index (χ2v) is 5.76. The first-order valence-corrected chi connectivity index (χ1v) is 8.20. The zero-order valence-electron chi connectivity index (χ0n) is 14.1. The summed E-state index contributed by atoms with van der Waals surface area (Å²) in [6.07, 6.45) is 0.353. The predicted octanol–water partition coefficient (Wildman–Crippen LogP) is 1.65. The van der Waals surface area contributed by atoms with Gasteiger partial charge in [0.05, 0.1) is 0 Å². The molecule has 132 valence electrons. The number of carbonyl (C=O) groups is 2. The maximum absolute atomic E-state index is 12.2. The zero-order chi connectivity index (χ0) is 17.6. The fourth-order valence-corrected chi connectivity index (χ4v) is 2.60. The van der Waals surface area contributed by atoms with Crippen LogP contribution in [-0.4, -0.2) is 58.2 Å². The van der Waals surface area contributed by atoms with Crippen LogP contribution in [0.2, 0.25) is 0 Å². The highest BCUT2D eigenvalue weighted by atomic mass is 16.6. The van der Waals surface area contributed by atoms with Crippen LogP contribution in [0.3, 0.4) is 0 Å². The Hall–Kier alpha value is -2.90. The van der Waals surface area contributed by atoms with Crippen LogP contribution in [-0.2, 0) is 11.2 Å². The number of nitrogens with zero attached hydrogens (tertiary/aromatic N) is 4. The van der Waals surface area contributed by atoms with Gasteiger partial charge in [-0.15, -0.1) is 10.2 Å². The minimum Gasteiger partial charge on any atom is -0.426 e. The Morgan fingerprint density at radius 1 is 1.08 bits per heavy atom. The Morgan fingerprint density at radius 2 is 1.76 bits per heavy atom. The molecule has 2 amide bonds. The number of amides is 2. The van der Waals surface area contributed by atoms with Crippen molar-refractivity contribution in [2.24, 2.45) is 0 Å². The molecule has 2 aromatic rings. The fraction of sp³-hybridized carbons (Fsp3) is 0.412. The number of benzene rings is 1. The molecular weight excluding hydrogens is 324 g/mol. The highest BCUT2D eigenvalue weighted by Gasteiger charge is 2.25. The molecule has 1 aromatic carbocycles. The van der Waals surface area contributed by atoms with Crippen molar-refractivity contribution in [3.8, 4) is 5.75 Å². The minimum absolute atomic E-state index is 0.0203. The van der Waals surface area contributed by atoms with Crippen LogP contribution in [0, 0.1) is 6.92 Å². The Morgan fingerprint density at radius 3 is 2.40 bits per heavy atom. The number of aryl methyl sites for hydroxylation is 2. The van der Waals surface area contributed by atoms with Gasteiger partial charge < -0.3 is 19.0 Å². The van der Waals surface area contributed by atoms with E-state index in [0.717, 1.165) is 0 Å². The van der Waals surface area contributed by atoms with E-state index >= 15 is 0 Å². The molecule has 1 fully saturated rings. The van der Waals surface area contributed by atoms with Crippen LogP contribution in [0.25, 0.3) is 0 Å². The first-order valence-electron chi connectivity index (χ1n) is 8.20. The third kappa shape index (κ3) is 4.56. The molecule has 8 nitrogen and oxygen atoms in total. The van der Waals surface area contributed by atoms with Crippen molar-refractivity contribution in [2.45, 2.75) is 19.8 Å². The summed E-state index contributed by atoms with van der Waals surface area (Å²) in [6, 6.07) is 8.94. The quantitative estimate of drug-likeness (QED) is 0.838. The third-order valence-corrected chi connectivity index (χ3v) is 3.96. The molecule has 2 heterocycles. The average Bonchev–Trinajstić information content (AvgIpc) is 3.06. The van der Waals surface area contributed by atoms with E-state index in [1.165, 1.54) is 0 Å². The molecule has 3 rings (SSSR count). The van der Waals surface area contributed by atoms with Gasteiger partial charge in [-0.2, -0.15) is 0 Å². The van der Waals surface area contributed by atoms with Crippen LogP contribution in [0.1, 0.15) is 18.2 Å². The SMILES string of the molecule is Cc1nnc(CCC(=O)N2CCN(C(=O)Oc3ccccc3)CC2)o1. The lowest BCUT2D eigenvalue weighted by Gasteiger charge is -2.34. The van der Waals surface area contributed by atoms with Gasteiger partial charge in [-0.05, 0) is 12.1 Å². The normalized spacial score (nSPS) is 14.4. The second kappa shape index (κ2) is 7.78. The predicted molar refractivity (Wildman–Crippen MR) is 88.0 cm³/mol. The molecule has 0 bridgehead atoms. The molecule has 1 aromatic heterocycles. The number of piperazine rings is 1. The average molecular weight is 344 g/mol. The number of ether oxygens (including phenoxy) is 1. The first kappa shape index (κ1) is 16.9. The summed E-state index contributed by atoms with van der Waals surface area (Å²) >= 11 is 0. The molecule has 1 aliphatic rings. The molecule has 25 heavy (non-hydrogen) atoms. The van der Waals surface area contributed by atoms with E-state index in [1.54, 1.807) is 28.9 Å². The number of hydrogen-bond donors (Lipinski definition) is 0. The molecule has 1 aliphatic heterocycles. The van der Waals surface area contributed by atoms with Gasteiger partial charge in [-0.1, -0.05) is 18.2 Å². The number of aromatic nitrogens is 2. The maximum Gasteiger partial charge on any atom is 0.415 e. The van der Waals surface area contributed by atoms with Crippen LogP contribution < -0.4 is 4.74 Å². The summed E-state index contributed by atoms with van der Waals surface area (Å²) in [5.41, 5.74) is 0. The second-order valence-electron chi connectivity index (χ2n) is 5.76. The molecule has 0 saturated carbocycles. The number of hydrogen-bond acceptors (Lipinski definition) is 6. The smallest absolute Gasteiger partial charge is 0.415 e. The van der Waals surface area contributed by atoms with Gasteiger partial charge in [0.15, 0.2) is 0 Å². The minimum atomic E-state index is -0.389. The van der Waals surface area contributed by atoms with E-state index in [2.05, 4.69) is 10.2 Å². The van der Waals surface area contributed by atoms with E-state index in [0.29, 0.717) is 56.6 Å². The molecule has 8 heteroatoms. The Kier molecular flexibility index (Phi) is 5.27. The van der Waals surface area contributed by atoms with Crippen molar-refractivity contribution in [1.82, 2.24) is 20.0 Å². The van der Waals surface area contributed by atoms with Crippen molar-refractivity contribution in [3.63, 3.8) is 0 Å². The summed E-state index contributed by atoms with van der Waals surface area (Å²) in [4.78, 5) is 27.7. The van der Waals surface area contributed by atoms with E-state index in [9.17, 15) is 9.59 Å². The molecular formula is C17H20N4O4. The Bertz CT molecular complexity index is 723. The summed E-state index contributed by atoms with van der Waals surface area (Å²) in [6.45, 7) is 3.61. The lowest BCUT2D eigenvalue weighted by Crippen LogP contribution is -2.51. The molecule has 0 N–H and O–H groups in total. The summed E-state index contributed by atoms with van der Waals surface area (Å²) in [7, 11) is 0. The van der Waals surface area contributed by atoms with E-state index in [1.807, 2.05) is 18.2 Å². The van der Waals surface area contributed by atoms with Crippen LogP contribution in [0.4, 0.5) is 4.79 Å². The van der Waals surface area contributed by atoms with E-state index in [4.69, 9.17) is 9.15 Å². The van der Waals surface area contributed by atoms with Crippen LogP contribution >= 0.6 is 0 Å². The van der Waals surface area contributed by atoms with Gasteiger partial charge >= 0.3 is 6.09 Å². The van der Waals surface area contributed by atoms with Crippen molar-refractivity contribution in [1.29, 1.82) is 0 Å². The largest absolute Gasteiger partial charge is 0.426 e. The van der Waals surface area contributed by atoms with Crippen molar-refractivity contribution >= 4 is 12.0 Å². The lowest BCUT2D eigenvalue weighted by atomic mass is 10.2. The topological polar surface area (TPSA) is 88.8 Å². The first-order chi connectivity index (χ1) is 12.1. The standard InChI is InChI=1S/C17H20N4O4/c1-13-18-19-15(24-13)7-8-16(22)20-9-11-21(12-10-20)17(23)25-14-5-3-2-4-6-14/h2-6H,7-12H2,1H3. The summed E-state index contributed by atoms with van der Waals surface area (Å²) < 4.78 is 10.6. The Balaban J connectivity index is 1.43. The van der Waals surface area contributed by atoms with Crippen LogP contribution in [0.15, 0.2) is 34.7 Å². The van der Waals surface area contributed by atoms with Gasteiger partial charge in [-0.3, -0.25) is 4.79 Å². The van der Waals surface area contributed by atoms with Gasteiger partial charge in [-0.25, -0.2) is 4.79 Å². The third-order valence-electron chi connectivity index (χ3n) is 3.96.